The number of alkyl halides is 3. The van der Waals surface area contributed by atoms with Gasteiger partial charge in [-0.3, -0.25) is 9.78 Å². The zero-order valence-electron chi connectivity index (χ0n) is 17.0. The van der Waals surface area contributed by atoms with Gasteiger partial charge >= 0.3 is 6.36 Å². The van der Waals surface area contributed by atoms with Crippen molar-refractivity contribution in [3.63, 3.8) is 0 Å². The number of nitrogens with one attached hydrogen (secondary N) is 2. The number of hydrogen-bond acceptors (Lipinski definition) is 5. The van der Waals surface area contributed by atoms with Crippen LogP contribution in [0.5, 0.6) is 11.5 Å². The molecular weight excluding hydrogens is 437 g/mol. The molecule has 0 radical (unpaired) electrons. The van der Waals surface area contributed by atoms with Crippen LogP contribution in [0.15, 0.2) is 66.9 Å². The average Bonchev–Trinajstić information content (AvgIpc) is 3.23. The highest BCUT2D eigenvalue weighted by atomic mass is 19.4. The smallest absolute Gasteiger partial charge is 0.491 e. The number of benzene rings is 2. The van der Waals surface area contributed by atoms with Gasteiger partial charge in [0.25, 0.3) is 5.91 Å². The Hall–Kier alpha value is -4.08. The number of aromatic nitrogens is 3. The van der Waals surface area contributed by atoms with E-state index in [-0.39, 0.29) is 18.2 Å². The van der Waals surface area contributed by atoms with E-state index >= 15 is 0 Å². The predicted molar refractivity (Wildman–Crippen MR) is 112 cm³/mol. The van der Waals surface area contributed by atoms with Gasteiger partial charge in [0.05, 0.1) is 17.6 Å². The summed E-state index contributed by atoms with van der Waals surface area (Å²) in [5.41, 5.74) is 1.17. The van der Waals surface area contributed by atoms with Crippen molar-refractivity contribution in [3.05, 3.63) is 83.9 Å². The maximum absolute atomic E-state index is 13.3. The lowest BCUT2D eigenvalue weighted by Gasteiger charge is -2.38. The second-order valence-electron chi connectivity index (χ2n) is 7.48. The summed E-state index contributed by atoms with van der Waals surface area (Å²) in [5, 5.41) is 3.01. The second kappa shape index (κ2) is 7.80. The molecule has 2 aromatic carbocycles. The number of carbonyl (C=O) groups excluding carboxylic acids is 1. The van der Waals surface area contributed by atoms with Crippen molar-refractivity contribution in [2.45, 2.75) is 18.3 Å². The van der Waals surface area contributed by atoms with Crippen molar-refractivity contribution in [1.29, 1.82) is 0 Å². The summed E-state index contributed by atoms with van der Waals surface area (Å²) in [4.78, 5) is 25.1. The van der Waals surface area contributed by atoms with E-state index in [2.05, 4.69) is 25.0 Å². The van der Waals surface area contributed by atoms with E-state index in [1.165, 1.54) is 24.3 Å². The molecule has 1 aliphatic heterocycles. The molecule has 0 saturated carbocycles. The van der Waals surface area contributed by atoms with Crippen molar-refractivity contribution >= 4 is 16.9 Å². The van der Waals surface area contributed by atoms with Crippen molar-refractivity contribution in [3.8, 4) is 11.5 Å². The van der Waals surface area contributed by atoms with Gasteiger partial charge in [-0.2, -0.15) is 0 Å². The highest BCUT2D eigenvalue weighted by molar-refractivity contribution is 5.95. The number of para-hydroxylation sites is 2. The van der Waals surface area contributed by atoms with Crippen LogP contribution in [0.3, 0.4) is 0 Å². The maximum Gasteiger partial charge on any atom is 0.573 e. The largest absolute Gasteiger partial charge is 0.573 e. The van der Waals surface area contributed by atoms with Gasteiger partial charge in [-0.15, -0.1) is 13.2 Å². The molecule has 0 aliphatic carbocycles. The fourth-order valence-corrected chi connectivity index (χ4v) is 3.99. The predicted octanol–water partition coefficient (Wildman–Crippen LogP) is 4.31. The van der Waals surface area contributed by atoms with E-state index in [9.17, 15) is 18.0 Å². The molecule has 7 nitrogen and oxygen atoms in total. The first-order valence-corrected chi connectivity index (χ1v) is 10.1. The Kier molecular flexibility index (Phi) is 4.92. The molecule has 1 atom stereocenters. The Morgan fingerprint density at radius 2 is 1.88 bits per heavy atom. The number of H-pyrrole nitrogens is 1. The first-order valence-electron chi connectivity index (χ1n) is 10.1. The standard InChI is InChI=1S/C23H17F3N4O3/c24-23(25,26)33-15-9-7-14(8-10-15)22(11-13-32-18-6-3-12-27-19(18)22)30-21(31)20-28-16-4-1-2-5-17(16)29-20/h1-10,12H,11,13H2,(H,28,29)(H,30,31)/t22-/m0/s1. The van der Waals surface area contributed by atoms with E-state index in [0.29, 0.717) is 34.5 Å². The van der Waals surface area contributed by atoms with Gasteiger partial charge in [0, 0.05) is 12.6 Å². The van der Waals surface area contributed by atoms with E-state index < -0.39 is 17.8 Å². The third kappa shape index (κ3) is 3.95. The molecule has 168 valence electrons. The molecule has 3 heterocycles. The molecule has 1 amide bonds. The lowest BCUT2D eigenvalue weighted by Crippen LogP contribution is -2.50. The van der Waals surface area contributed by atoms with E-state index in [1.807, 2.05) is 12.1 Å². The fraction of sp³-hybridized carbons (Fsp3) is 0.174. The summed E-state index contributed by atoms with van der Waals surface area (Å²) in [7, 11) is 0. The van der Waals surface area contributed by atoms with Crippen LogP contribution in [0.25, 0.3) is 11.0 Å². The molecule has 0 spiro atoms. The van der Waals surface area contributed by atoms with Gasteiger partial charge < -0.3 is 19.8 Å². The number of nitrogens with zero attached hydrogens (tertiary/aromatic N) is 2. The zero-order valence-corrected chi connectivity index (χ0v) is 17.0. The lowest BCUT2D eigenvalue weighted by atomic mass is 9.81. The molecule has 33 heavy (non-hydrogen) atoms. The zero-order chi connectivity index (χ0) is 23.1. The summed E-state index contributed by atoms with van der Waals surface area (Å²) in [6, 6.07) is 16.0. The Morgan fingerprint density at radius 3 is 2.64 bits per heavy atom. The third-order valence-electron chi connectivity index (χ3n) is 5.42. The number of fused-ring (bicyclic) bond motifs is 2. The number of pyridine rings is 1. The van der Waals surface area contributed by atoms with Crippen LogP contribution in [0.4, 0.5) is 13.2 Å². The Bertz CT molecular complexity index is 1290. The monoisotopic (exact) mass is 454 g/mol. The quantitative estimate of drug-likeness (QED) is 0.480. The topological polar surface area (TPSA) is 89.1 Å². The van der Waals surface area contributed by atoms with Gasteiger partial charge in [-0.1, -0.05) is 24.3 Å². The van der Waals surface area contributed by atoms with Crippen LogP contribution in [0, 0.1) is 0 Å². The molecule has 0 unspecified atom stereocenters. The summed E-state index contributed by atoms with van der Waals surface area (Å²) >= 11 is 0. The SMILES string of the molecule is O=C(N[C@]1(c2ccc(OC(F)(F)F)cc2)CCOc2cccnc21)c1nc2ccccc2[nH]1. The number of halogens is 3. The highest BCUT2D eigenvalue weighted by Gasteiger charge is 2.43. The minimum Gasteiger partial charge on any atom is -0.491 e. The molecule has 10 heteroatoms. The molecule has 1 aliphatic rings. The van der Waals surface area contributed by atoms with Crippen LogP contribution < -0.4 is 14.8 Å². The van der Waals surface area contributed by atoms with Crippen LogP contribution >= 0.6 is 0 Å². The highest BCUT2D eigenvalue weighted by Crippen LogP contribution is 2.41. The molecule has 4 aromatic rings. The summed E-state index contributed by atoms with van der Waals surface area (Å²) in [6.45, 7) is 0.264. The number of hydrogen-bond donors (Lipinski definition) is 2. The molecule has 0 saturated heterocycles. The summed E-state index contributed by atoms with van der Waals surface area (Å²) in [6.07, 6.45) is -2.93. The number of imidazole rings is 1. The van der Waals surface area contributed by atoms with Gasteiger partial charge in [0.1, 0.15) is 22.7 Å². The van der Waals surface area contributed by atoms with E-state index in [0.717, 1.165) is 0 Å². The van der Waals surface area contributed by atoms with Crippen LogP contribution in [-0.4, -0.2) is 33.8 Å². The Labute approximate surface area is 185 Å². The molecular formula is C23H17F3N4O3. The maximum atomic E-state index is 13.3. The number of amides is 1. The number of ether oxygens (including phenoxy) is 2. The minimum atomic E-state index is -4.80. The fourth-order valence-electron chi connectivity index (χ4n) is 3.99. The van der Waals surface area contributed by atoms with Crippen molar-refractivity contribution in [2.75, 3.05) is 6.61 Å². The Morgan fingerprint density at radius 1 is 1.09 bits per heavy atom. The molecule has 5 rings (SSSR count). The van der Waals surface area contributed by atoms with E-state index in [1.54, 1.807) is 30.5 Å². The molecule has 0 fully saturated rings. The normalized spacial score (nSPS) is 17.8. The average molecular weight is 454 g/mol. The van der Waals surface area contributed by atoms with E-state index in [4.69, 9.17) is 4.74 Å². The van der Waals surface area contributed by atoms with Crippen molar-refractivity contribution in [2.24, 2.45) is 0 Å². The molecule has 2 N–H and O–H groups in total. The molecule has 0 bridgehead atoms. The summed E-state index contributed by atoms with van der Waals surface area (Å²) in [5.74, 6) is -0.264. The van der Waals surface area contributed by atoms with Crippen LogP contribution in [0.1, 0.15) is 28.3 Å². The third-order valence-corrected chi connectivity index (χ3v) is 5.42. The van der Waals surface area contributed by atoms with Crippen LogP contribution in [-0.2, 0) is 5.54 Å². The van der Waals surface area contributed by atoms with Gasteiger partial charge in [-0.25, -0.2) is 4.98 Å². The van der Waals surface area contributed by atoms with Gasteiger partial charge in [-0.05, 0) is 42.0 Å². The summed E-state index contributed by atoms with van der Waals surface area (Å²) < 4.78 is 47.5. The van der Waals surface area contributed by atoms with Crippen molar-refractivity contribution < 1.29 is 27.4 Å². The number of aromatic amines is 1. The number of carbonyl (C=O) groups is 1. The van der Waals surface area contributed by atoms with Crippen LogP contribution in [0.2, 0.25) is 0 Å². The lowest BCUT2D eigenvalue weighted by molar-refractivity contribution is -0.274. The first-order chi connectivity index (χ1) is 15.8. The van der Waals surface area contributed by atoms with Gasteiger partial charge in [0.2, 0.25) is 0 Å². The van der Waals surface area contributed by atoms with Crippen molar-refractivity contribution in [1.82, 2.24) is 20.3 Å². The molecule has 2 aromatic heterocycles. The second-order valence-corrected chi connectivity index (χ2v) is 7.48. The minimum absolute atomic E-state index is 0.108. The number of rotatable bonds is 4. The Balaban J connectivity index is 1.56. The van der Waals surface area contributed by atoms with Gasteiger partial charge in [0.15, 0.2) is 5.82 Å². The first kappa shape index (κ1) is 20.8.